The number of hydrogen-bond donors (Lipinski definition) is 0. The van der Waals surface area contributed by atoms with Gasteiger partial charge in [0.25, 0.3) is 5.91 Å². The first kappa shape index (κ1) is 22.3. The van der Waals surface area contributed by atoms with Crippen molar-refractivity contribution in [2.45, 2.75) is 25.2 Å². The minimum atomic E-state index is 0.0193. The van der Waals surface area contributed by atoms with Crippen LogP contribution in [-0.4, -0.2) is 60.9 Å². The lowest BCUT2D eigenvalue weighted by Crippen LogP contribution is -2.39. The van der Waals surface area contributed by atoms with Crippen molar-refractivity contribution in [3.8, 4) is 0 Å². The maximum absolute atomic E-state index is 13.5. The number of aryl methyl sites for hydroxylation is 1. The van der Waals surface area contributed by atoms with Gasteiger partial charge in [-0.25, -0.2) is 4.98 Å². The predicted octanol–water partition coefficient (Wildman–Crippen LogP) is 5.09. The normalized spacial score (nSPS) is 14.8. The first-order valence-electron chi connectivity index (χ1n) is 10.9. The van der Waals surface area contributed by atoms with Crippen LogP contribution in [0.15, 0.2) is 47.4 Å². The Bertz CT molecular complexity index is 1010. The summed E-state index contributed by atoms with van der Waals surface area (Å²) in [6.07, 6.45) is 0.907. The van der Waals surface area contributed by atoms with E-state index in [1.54, 1.807) is 23.1 Å². The van der Waals surface area contributed by atoms with Crippen molar-refractivity contribution in [1.29, 1.82) is 0 Å². The molecular weight excluding hydrogens is 426 g/mol. The molecule has 0 unspecified atom stereocenters. The molecule has 31 heavy (non-hydrogen) atoms. The molecule has 0 aliphatic carbocycles. The maximum atomic E-state index is 13.5. The summed E-state index contributed by atoms with van der Waals surface area (Å²) < 4.78 is 6.57. The molecule has 1 fully saturated rings. The van der Waals surface area contributed by atoms with Crippen LogP contribution in [0.4, 0.5) is 5.13 Å². The molecule has 2 heterocycles. The second-order valence-electron chi connectivity index (χ2n) is 7.69. The van der Waals surface area contributed by atoms with E-state index in [1.165, 1.54) is 10.5 Å². The van der Waals surface area contributed by atoms with E-state index in [0.29, 0.717) is 12.1 Å². The van der Waals surface area contributed by atoms with Gasteiger partial charge in [-0.05, 0) is 61.1 Å². The Labute approximate surface area is 192 Å². The molecule has 1 aliphatic heterocycles. The third kappa shape index (κ3) is 5.66. The van der Waals surface area contributed by atoms with Crippen molar-refractivity contribution in [3.63, 3.8) is 0 Å². The van der Waals surface area contributed by atoms with Crippen LogP contribution >= 0.6 is 23.1 Å². The van der Waals surface area contributed by atoms with Gasteiger partial charge < -0.3 is 4.74 Å². The summed E-state index contributed by atoms with van der Waals surface area (Å²) >= 11 is 3.38. The molecule has 5 nitrogen and oxygen atoms in total. The molecule has 0 atom stereocenters. The number of anilines is 1. The molecule has 0 radical (unpaired) electrons. The summed E-state index contributed by atoms with van der Waals surface area (Å²) in [5, 5.41) is 0.777. The van der Waals surface area contributed by atoms with Crippen molar-refractivity contribution >= 4 is 44.4 Å². The Morgan fingerprint density at radius 2 is 1.97 bits per heavy atom. The molecule has 0 bridgehead atoms. The van der Waals surface area contributed by atoms with Gasteiger partial charge in [-0.15, -0.1) is 11.8 Å². The molecule has 0 N–H and O–H groups in total. The van der Waals surface area contributed by atoms with Crippen molar-refractivity contribution in [2.24, 2.45) is 0 Å². The van der Waals surface area contributed by atoms with Gasteiger partial charge in [0.15, 0.2) is 5.13 Å². The fraction of sp³-hybridized carbons (Fsp3) is 0.417. The van der Waals surface area contributed by atoms with E-state index >= 15 is 0 Å². The number of nitrogens with zero attached hydrogens (tertiary/aromatic N) is 3. The van der Waals surface area contributed by atoms with E-state index in [9.17, 15) is 4.79 Å². The molecule has 1 aliphatic rings. The van der Waals surface area contributed by atoms with Crippen LogP contribution in [0.25, 0.3) is 10.2 Å². The number of fused-ring (bicyclic) bond motifs is 1. The Balaban J connectivity index is 1.55. The molecule has 1 saturated heterocycles. The quantitative estimate of drug-likeness (QED) is 0.443. The number of thiazole rings is 1. The van der Waals surface area contributed by atoms with Crippen molar-refractivity contribution in [1.82, 2.24) is 9.88 Å². The topological polar surface area (TPSA) is 45.7 Å². The monoisotopic (exact) mass is 455 g/mol. The highest BCUT2D eigenvalue weighted by molar-refractivity contribution is 7.99. The summed E-state index contributed by atoms with van der Waals surface area (Å²) in [6, 6.07) is 14.2. The van der Waals surface area contributed by atoms with E-state index in [-0.39, 0.29) is 5.91 Å². The van der Waals surface area contributed by atoms with Crippen LogP contribution in [-0.2, 0) is 4.74 Å². The van der Waals surface area contributed by atoms with Crippen LogP contribution < -0.4 is 4.90 Å². The van der Waals surface area contributed by atoms with Crippen LogP contribution in [0, 0.1) is 6.92 Å². The lowest BCUT2D eigenvalue weighted by Gasteiger charge is -2.27. The molecule has 1 aromatic heterocycles. The third-order valence-electron chi connectivity index (χ3n) is 5.38. The van der Waals surface area contributed by atoms with Crippen LogP contribution in [0.3, 0.4) is 0 Å². The third-order valence-corrected chi connectivity index (χ3v) is 7.32. The van der Waals surface area contributed by atoms with E-state index in [2.05, 4.69) is 30.9 Å². The molecule has 4 rings (SSSR count). The van der Waals surface area contributed by atoms with Crippen LogP contribution in [0.5, 0.6) is 0 Å². The fourth-order valence-electron chi connectivity index (χ4n) is 3.71. The average Bonchev–Trinajstić information content (AvgIpc) is 3.20. The number of amides is 1. The zero-order valence-electron chi connectivity index (χ0n) is 18.2. The number of hydrogen-bond acceptors (Lipinski definition) is 6. The predicted molar refractivity (Wildman–Crippen MR) is 131 cm³/mol. The first-order chi connectivity index (χ1) is 15.1. The minimum Gasteiger partial charge on any atom is -0.379 e. The number of aromatic nitrogens is 1. The Morgan fingerprint density at radius 1 is 1.19 bits per heavy atom. The molecular formula is C24H29N3O2S2. The van der Waals surface area contributed by atoms with Gasteiger partial charge in [-0.1, -0.05) is 24.3 Å². The average molecular weight is 456 g/mol. The first-order valence-corrected chi connectivity index (χ1v) is 12.7. The maximum Gasteiger partial charge on any atom is 0.260 e. The molecule has 2 aromatic carbocycles. The van der Waals surface area contributed by atoms with Crippen molar-refractivity contribution < 1.29 is 9.53 Å². The summed E-state index contributed by atoms with van der Waals surface area (Å²) in [6.45, 7) is 9.35. The molecule has 7 heteroatoms. The Kier molecular flexibility index (Phi) is 7.61. The summed E-state index contributed by atoms with van der Waals surface area (Å²) in [5.41, 5.74) is 2.87. The number of thioether (sulfide) groups is 1. The zero-order chi connectivity index (χ0) is 21.6. The van der Waals surface area contributed by atoms with Gasteiger partial charge in [0.05, 0.1) is 23.4 Å². The second kappa shape index (κ2) is 10.6. The van der Waals surface area contributed by atoms with Gasteiger partial charge in [0.1, 0.15) is 0 Å². The van der Waals surface area contributed by atoms with Gasteiger partial charge in [0, 0.05) is 36.6 Å². The van der Waals surface area contributed by atoms with Gasteiger partial charge in [-0.3, -0.25) is 14.6 Å². The largest absolute Gasteiger partial charge is 0.379 e. The van der Waals surface area contributed by atoms with Crippen LogP contribution in [0.1, 0.15) is 29.3 Å². The van der Waals surface area contributed by atoms with Gasteiger partial charge in [0.2, 0.25) is 0 Å². The zero-order valence-corrected chi connectivity index (χ0v) is 19.8. The number of morpholine rings is 1. The van der Waals surface area contributed by atoms with E-state index in [1.807, 2.05) is 35.2 Å². The van der Waals surface area contributed by atoms with Gasteiger partial charge >= 0.3 is 0 Å². The van der Waals surface area contributed by atoms with E-state index in [4.69, 9.17) is 9.72 Å². The summed E-state index contributed by atoms with van der Waals surface area (Å²) in [5.74, 6) is 1.04. The molecule has 0 spiro atoms. The lowest BCUT2D eigenvalue weighted by molar-refractivity contribution is 0.0376. The van der Waals surface area contributed by atoms with E-state index < -0.39 is 0 Å². The molecule has 164 valence electrons. The SMILES string of the molecule is CCSc1ccc(C(=O)N(CCCN2CCOCC2)c2nc3ccc(C)cc3s2)cc1. The van der Waals surface area contributed by atoms with Crippen molar-refractivity contribution in [3.05, 3.63) is 53.6 Å². The summed E-state index contributed by atoms with van der Waals surface area (Å²) in [4.78, 5) is 23.8. The van der Waals surface area contributed by atoms with E-state index in [0.717, 1.165) is 60.4 Å². The number of benzene rings is 2. The number of carbonyl (C=O) groups excluding carboxylic acids is 1. The highest BCUT2D eigenvalue weighted by Gasteiger charge is 2.22. The van der Waals surface area contributed by atoms with Crippen LogP contribution in [0.2, 0.25) is 0 Å². The fourth-order valence-corrected chi connectivity index (χ4v) is 5.46. The highest BCUT2D eigenvalue weighted by atomic mass is 32.2. The Morgan fingerprint density at radius 3 is 2.71 bits per heavy atom. The molecule has 3 aromatic rings. The van der Waals surface area contributed by atoms with Gasteiger partial charge in [-0.2, -0.15) is 0 Å². The molecule has 0 saturated carbocycles. The standard InChI is InChI=1S/C24H29N3O2S2/c1-3-30-20-8-6-19(7-9-20)23(28)27(12-4-11-26-13-15-29-16-14-26)24-25-21-10-5-18(2)17-22(21)31-24/h5-10,17H,3-4,11-16H2,1-2H3. The number of carbonyl (C=O) groups is 1. The number of ether oxygens (including phenoxy) is 1. The lowest BCUT2D eigenvalue weighted by atomic mass is 10.2. The highest BCUT2D eigenvalue weighted by Crippen LogP contribution is 2.31. The van der Waals surface area contributed by atoms with Crippen molar-refractivity contribution in [2.75, 3.05) is 50.0 Å². The second-order valence-corrected chi connectivity index (χ2v) is 10.0. The molecule has 1 amide bonds. The summed E-state index contributed by atoms with van der Waals surface area (Å²) in [7, 11) is 0. The minimum absolute atomic E-state index is 0.0193. The smallest absolute Gasteiger partial charge is 0.260 e. The number of rotatable bonds is 8. The Hall–Kier alpha value is -1.93.